The van der Waals surface area contributed by atoms with Crippen LogP contribution < -0.4 is 14.7 Å². The van der Waals surface area contributed by atoms with Gasteiger partial charge in [-0.2, -0.15) is 5.26 Å². The minimum atomic E-state index is 0.344. The van der Waals surface area contributed by atoms with Crippen molar-refractivity contribution in [3.63, 3.8) is 0 Å². The number of hydrogen-bond donors (Lipinski definition) is 0. The summed E-state index contributed by atoms with van der Waals surface area (Å²) >= 11 is 6.36. The summed E-state index contributed by atoms with van der Waals surface area (Å²) in [7, 11) is 6.00. The largest absolute Gasteiger partial charge is 0.368 e. The summed E-state index contributed by atoms with van der Waals surface area (Å²) in [6.45, 7) is 1.79. The van der Waals surface area contributed by atoms with Gasteiger partial charge in [-0.25, -0.2) is 9.97 Å². The maximum Gasteiger partial charge on any atom is 0.134 e. The van der Waals surface area contributed by atoms with Gasteiger partial charge in [0, 0.05) is 46.3 Å². The fraction of sp³-hybridized carbons (Fsp3) is 0.389. The van der Waals surface area contributed by atoms with Crippen molar-refractivity contribution in [3.8, 4) is 6.07 Å². The number of benzene rings is 1. The molecule has 130 valence electrons. The molecule has 6 nitrogen and oxygen atoms in total. The van der Waals surface area contributed by atoms with Gasteiger partial charge in [0.1, 0.15) is 18.0 Å². The molecule has 2 heterocycles. The van der Waals surface area contributed by atoms with Gasteiger partial charge >= 0.3 is 0 Å². The predicted octanol–water partition coefficient (Wildman–Crippen LogP) is 2.78. The Bertz CT molecular complexity index is 800. The van der Waals surface area contributed by atoms with Gasteiger partial charge in [-0.1, -0.05) is 11.6 Å². The summed E-state index contributed by atoms with van der Waals surface area (Å²) in [5, 5.41) is 9.60. The normalized spacial score (nSPS) is 16.6. The third-order valence-electron chi connectivity index (χ3n) is 4.59. The van der Waals surface area contributed by atoms with Gasteiger partial charge < -0.3 is 14.7 Å². The molecule has 25 heavy (non-hydrogen) atoms. The molecule has 0 amide bonds. The topological polar surface area (TPSA) is 59.3 Å². The van der Waals surface area contributed by atoms with Crippen molar-refractivity contribution in [1.29, 1.82) is 5.26 Å². The molecule has 1 aromatic heterocycles. The van der Waals surface area contributed by atoms with E-state index in [4.69, 9.17) is 16.9 Å². The van der Waals surface area contributed by atoms with E-state index in [1.54, 1.807) is 12.4 Å². The van der Waals surface area contributed by atoms with Gasteiger partial charge in [0.25, 0.3) is 0 Å². The molecule has 1 fully saturated rings. The van der Waals surface area contributed by atoms with Crippen molar-refractivity contribution in [2.45, 2.75) is 12.5 Å². The van der Waals surface area contributed by atoms with Crippen molar-refractivity contribution in [1.82, 2.24) is 9.97 Å². The highest BCUT2D eigenvalue weighted by Gasteiger charge is 2.28. The van der Waals surface area contributed by atoms with E-state index < -0.39 is 0 Å². The Morgan fingerprint density at radius 1 is 1.20 bits per heavy atom. The van der Waals surface area contributed by atoms with Crippen LogP contribution in [0.15, 0.2) is 30.6 Å². The molecule has 7 heteroatoms. The number of nitriles is 1. The number of rotatable bonds is 4. The fourth-order valence-electron chi connectivity index (χ4n) is 3.07. The van der Waals surface area contributed by atoms with Crippen molar-refractivity contribution in [2.75, 3.05) is 48.9 Å². The molecule has 3 rings (SSSR count). The molecule has 0 aliphatic carbocycles. The third kappa shape index (κ3) is 3.62. The highest BCUT2D eigenvalue weighted by molar-refractivity contribution is 6.33. The van der Waals surface area contributed by atoms with E-state index in [0.29, 0.717) is 16.6 Å². The van der Waals surface area contributed by atoms with E-state index >= 15 is 0 Å². The van der Waals surface area contributed by atoms with E-state index in [9.17, 15) is 0 Å². The Balaban J connectivity index is 1.74. The lowest BCUT2D eigenvalue weighted by atomic mass is 10.2. The Kier molecular flexibility index (Phi) is 4.95. The first-order valence-corrected chi connectivity index (χ1v) is 8.54. The smallest absolute Gasteiger partial charge is 0.134 e. The molecule has 1 atom stereocenters. The standard InChI is InChI=1S/C18H21ClN6/c1-23(2)17-9-18(22-12-21-17)24(3)14-6-7-25(11-14)16-5-4-13(10-20)8-15(16)19/h4-5,8-9,12,14H,6-7,11H2,1-3H3. The van der Waals surface area contributed by atoms with Crippen LogP contribution in [-0.4, -0.2) is 50.2 Å². The van der Waals surface area contributed by atoms with Crippen LogP contribution in [0.4, 0.5) is 17.3 Å². The minimum absolute atomic E-state index is 0.344. The van der Waals surface area contributed by atoms with Crippen LogP contribution in [0.3, 0.4) is 0 Å². The summed E-state index contributed by atoms with van der Waals surface area (Å²) in [5.41, 5.74) is 1.56. The van der Waals surface area contributed by atoms with Crippen LogP contribution in [0.1, 0.15) is 12.0 Å². The number of anilines is 3. The molecule has 0 spiro atoms. The summed E-state index contributed by atoms with van der Waals surface area (Å²) in [5.74, 6) is 1.80. The third-order valence-corrected chi connectivity index (χ3v) is 4.89. The maximum absolute atomic E-state index is 8.98. The molecular weight excluding hydrogens is 336 g/mol. The molecule has 1 unspecified atom stereocenters. The number of hydrogen-bond acceptors (Lipinski definition) is 6. The van der Waals surface area contributed by atoms with Crippen molar-refractivity contribution in [2.24, 2.45) is 0 Å². The van der Waals surface area contributed by atoms with E-state index in [1.807, 2.05) is 37.2 Å². The van der Waals surface area contributed by atoms with Crippen LogP contribution in [0, 0.1) is 11.3 Å². The zero-order chi connectivity index (χ0) is 18.0. The molecule has 1 saturated heterocycles. The zero-order valence-corrected chi connectivity index (χ0v) is 15.4. The van der Waals surface area contributed by atoms with Gasteiger partial charge in [0.15, 0.2) is 0 Å². The Morgan fingerprint density at radius 2 is 1.96 bits per heavy atom. The van der Waals surface area contributed by atoms with E-state index in [-0.39, 0.29) is 0 Å². The molecule has 0 bridgehead atoms. The van der Waals surface area contributed by atoms with Gasteiger partial charge in [-0.05, 0) is 24.6 Å². The second-order valence-electron chi connectivity index (χ2n) is 6.41. The quantitative estimate of drug-likeness (QED) is 0.839. The number of aromatic nitrogens is 2. The Morgan fingerprint density at radius 3 is 2.64 bits per heavy atom. The van der Waals surface area contributed by atoms with Crippen LogP contribution in [-0.2, 0) is 0 Å². The first-order chi connectivity index (χ1) is 12.0. The second-order valence-corrected chi connectivity index (χ2v) is 6.81. The number of halogens is 1. The lowest BCUT2D eigenvalue weighted by Crippen LogP contribution is -2.35. The monoisotopic (exact) mass is 356 g/mol. The van der Waals surface area contributed by atoms with Gasteiger partial charge in [0.05, 0.1) is 22.3 Å². The van der Waals surface area contributed by atoms with Crippen molar-refractivity contribution in [3.05, 3.63) is 41.2 Å². The lowest BCUT2D eigenvalue weighted by Gasteiger charge is -2.27. The van der Waals surface area contributed by atoms with Crippen LogP contribution in [0.2, 0.25) is 5.02 Å². The number of likely N-dealkylation sites (N-methyl/N-ethyl adjacent to an activating group) is 1. The molecule has 1 aliphatic rings. The zero-order valence-electron chi connectivity index (χ0n) is 14.6. The second kappa shape index (κ2) is 7.16. The van der Waals surface area contributed by atoms with Crippen LogP contribution >= 0.6 is 11.6 Å². The summed E-state index contributed by atoms with van der Waals surface area (Å²) < 4.78 is 0. The molecule has 0 N–H and O–H groups in total. The molecule has 2 aromatic rings. The fourth-order valence-corrected chi connectivity index (χ4v) is 3.37. The summed E-state index contributed by atoms with van der Waals surface area (Å²) in [4.78, 5) is 15.1. The minimum Gasteiger partial charge on any atom is -0.368 e. The van der Waals surface area contributed by atoms with E-state index in [0.717, 1.165) is 36.8 Å². The van der Waals surface area contributed by atoms with Crippen molar-refractivity contribution >= 4 is 28.9 Å². The highest BCUT2D eigenvalue weighted by Crippen LogP contribution is 2.31. The van der Waals surface area contributed by atoms with E-state index in [1.165, 1.54) is 0 Å². The SMILES string of the molecule is CN(C)c1cc(N(C)C2CCN(c3ccc(C#N)cc3Cl)C2)ncn1. The highest BCUT2D eigenvalue weighted by atomic mass is 35.5. The van der Waals surface area contributed by atoms with Gasteiger partial charge in [-0.15, -0.1) is 0 Å². The Hall–Kier alpha value is -2.52. The van der Waals surface area contributed by atoms with Crippen molar-refractivity contribution < 1.29 is 0 Å². The lowest BCUT2D eigenvalue weighted by molar-refractivity contribution is 0.683. The average Bonchev–Trinajstić information content (AvgIpc) is 3.10. The van der Waals surface area contributed by atoms with Gasteiger partial charge in [-0.3, -0.25) is 0 Å². The van der Waals surface area contributed by atoms with Gasteiger partial charge in [0.2, 0.25) is 0 Å². The summed E-state index contributed by atoms with van der Waals surface area (Å²) in [6, 6.07) is 9.92. The molecular formula is C18H21ClN6. The first kappa shape index (κ1) is 17.3. The molecule has 1 aliphatic heterocycles. The summed E-state index contributed by atoms with van der Waals surface area (Å²) in [6.07, 6.45) is 2.62. The molecule has 0 radical (unpaired) electrons. The first-order valence-electron chi connectivity index (χ1n) is 8.16. The Labute approximate surface area is 153 Å². The van der Waals surface area contributed by atoms with Crippen LogP contribution in [0.25, 0.3) is 0 Å². The molecule has 0 saturated carbocycles. The molecule has 1 aromatic carbocycles. The average molecular weight is 357 g/mol. The van der Waals surface area contributed by atoms with Crippen LogP contribution in [0.5, 0.6) is 0 Å². The maximum atomic E-state index is 8.98. The van der Waals surface area contributed by atoms with E-state index in [2.05, 4.69) is 32.9 Å². The predicted molar refractivity (Wildman–Crippen MR) is 102 cm³/mol. The number of nitrogens with zero attached hydrogens (tertiary/aromatic N) is 6.